The first-order valence-corrected chi connectivity index (χ1v) is 10.2. The molecule has 1 saturated carbocycles. The van der Waals surface area contributed by atoms with Crippen LogP contribution in [0.4, 0.5) is 0 Å². The van der Waals surface area contributed by atoms with Crippen molar-refractivity contribution in [3.05, 3.63) is 66.0 Å². The van der Waals surface area contributed by atoms with E-state index in [1.165, 1.54) is 0 Å². The van der Waals surface area contributed by atoms with E-state index in [4.69, 9.17) is 4.74 Å². The number of hydrogen-bond donors (Lipinski definition) is 0. The van der Waals surface area contributed by atoms with Crippen LogP contribution >= 0.6 is 0 Å². The summed E-state index contributed by atoms with van der Waals surface area (Å²) < 4.78 is 5.21. The van der Waals surface area contributed by atoms with Crippen molar-refractivity contribution in [2.75, 3.05) is 20.3 Å². The Morgan fingerprint density at radius 3 is 2.55 bits per heavy atom. The second-order valence-electron chi connectivity index (χ2n) is 7.80. The van der Waals surface area contributed by atoms with E-state index in [2.05, 4.69) is 4.98 Å². The molecule has 2 aromatic rings. The minimum absolute atomic E-state index is 0.0221. The van der Waals surface area contributed by atoms with E-state index in [0.717, 1.165) is 24.0 Å². The van der Waals surface area contributed by atoms with Crippen LogP contribution in [-0.2, 0) is 20.9 Å². The molecule has 0 spiro atoms. The van der Waals surface area contributed by atoms with Crippen molar-refractivity contribution in [3.8, 4) is 0 Å². The summed E-state index contributed by atoms with van der Waals surface area (Å²) in [7, 11) is 1.63. The Morgan fingerprint density at radius 2 is 1.90 bits per heavy atom. The standard InChI is InChI=1S/C23H27N3O3/c1-29-14-13-25-21(27)15-20(22(25)18-5-3-2-4-6-18)23(28)26(19-7-8-19)16-17-9-11-24-12-10-17/h2-6,9-12,19-20,22H,7-8,13-16H2,1H3/t20-,22+/m1/s1. The summed E-state index contributed by atoms with van der Waals surface area (Å²) in [4.78, 5) is 34.4. The Hall–Kier alpha value is -2.73. The number of carbonyl (C=O) groups excluding carboxylic acids is 2. The maximum Gasteiger partial charge on any atom is 0.229 e. The lowest BCUT2D eigenvalue weighted by Gasteiger charge is -2.31. The number of methoxy groups -OCH3 is 1. The highest BCUT2D eigenvalue weighted by molar-refractivity contribution is 5.90. The molecule has 1 saturated heterocycles. The first-order valence-electron chi connectivity index (χ1n) is 10.2. The molecule has 0 radical (unpaired) electrons. The number of benzene rings is 1. The molecule has 2 fully saturated rings. The maximum atomic E-state index is 13.7. The molecule has 2 aliphatic rings. The van der Waals surface area contributed by atoms with E-state index in [1.807, 2.05) is 52.3 Å². The summed E-state index contributed by atoms with van der Waals surface area (Å²) in [5.74, 6) is -0.274. The highest BCUT2D eigenvalue weighted by atomic mass is 16.5. The van der Waals surface area contributed by atoms with Gasteiger partial charge in [-0.15, -0.1) is 0 Å². The van der Waals surface area contributed by atoms with Crippen molar-refractivity contribution in [2.45, 2.75) is 37.9 Å². The molecule has 29 heavy (non-hydrogen) atoms. The van der Waals surface area contributed by atoms with Crippen molar-refractivity contribution in [1.29, 1.82) is 0 Å². The van der Waals surface area contributed by atoms with Crippen LogP contribution in [0.2, 0.25) is 0 Å². The minimum Gasteiger partial charge on any atom is -0.383 e. The highest BCUT2D eigenvalue weighted by Gasteiger charge is 2.47. The topological polar surface area (TPSA) is 62.7 Å². The van der Waals surface area contributed by atoms with E-state index in [9.17, 15) is 9.59 Å². The van der Waals surface area contributed by atoms with Crippen molar-refractivity contribution in [2.24, 2.45) is 5.92 Å². The van der Waals surface area contributed by atoms with Crippen LogP contribution in [0.25, 0.3) is 0 Å². The van der Waals surface area contributed by atoms with Crippen molar-refractivity contribution in [1.82, 2.24) is 14.8 Å². The fourth-order valence-corrected chi connectivity index (χ4v) is 4.20. The maximum absolute atomic E-state index is 13.7. The molecule has 4 rings (SSSR count). The van der Waals surface area contributed by atoms with Gasteiger partial charge in [-0.2, -0.15) is 0 Å². The third-order valence-corrected chi connectivity index (χ3v) is 5.80. The van der Waals surface area contributed by atoms with Crippen LogP contribution in [-0.4, -0.2) is 52.9 Å². The van der Waals surface area contributed by atoms with Gasteiger partial charge in [0.25, 0.3) is 0 Å². The number of ether oxygens (including phenoxy) is 1. The van der Waals surface area contributed by atoms with Gasteiger partial charge in [-0.3, -0.25) is 14.6 Å². The molecule has 0 unspecified atom stereocenters. The predicted octanol–water partition coefficient (Wildman–Crippen LogP) is 2.81. The number of hydrogen-bond acceptors (Lipinski definition) is 4. The lowest BCUT2D eigenvalue weighted by molar-refractivity contribution is -0.137. The fraction of sp³-hybridized carbons (Fsp3) is 0.435. The molecule has 152 valence electrons. The fourth-order valence-electron chi connectivity index (χ4n) is 4.20. The molecule has 1 aromatic carbocycles. The molecular weight excluding hydrogens is 366 g/mol. The summed E-state index contributed by atoms with van der Waals surface area (Å²) in [5.41, 5.74) is 2.07. The van der Waals surface area contributed by atoms with Crippen LogP contribution in [0, 0.1) is 5.92 Å². The molecule has 2 heterocycles. The first kappa shape index (κ1) is 19.6. The van der Waals surface area contributed by atoms with Crippen LogP contribution in [0.1, 0.15) is 36.4 Å². The van der Waals surface area contributed by atoms with Gasteiger partial charge in [0, 0.05) is 45.1 Å². The van der Waals surface area contributed by atoms with E-state index >= 15 is 0 Å². The lowest BCUT2D eigenvalue weighted by atomic mass is 9.92. The Kier molecular flexibility index (Phi) is 5.90. The Bertz CT molecular complexity index is 839. The molecule has 2 amide bonds. The van der Waals surface area contributed by atoms with Gasteiger partial charge in [-0.25, -0.2) is 0 Å². The Balaban J connectivity index is 1.61. The first-order chi connectivity index (χ1) is 14.2. The van der Waals surface area contributed by atoms with Crippen molar-refractivity contribution in [3.63, 3.8) is 0 Å². The van der Waals surface area contributed by atoms with E-state index < -0.39 is 0 Å². The molecule has 0 N–H and O–H groups in total. The molecule has 0 bridgehead atoms. The molecule has 6 nitrogen and oxygen atoms in total. The number of aromatic nitrogens is 1. The predicted molar refractivity (Wildman–Crippen MR) is 109 cm³/mol. The van der Waals surface area contributed by atoms with Gasteiger partial charge in [0.15, 0.2) is 0 Å². The monoisotopic (exact) mass is 393 g/mol. The lowest BCUT2D eigenvalue weighted by Crippen LogP contribution is -2.40. The van der Waals surface area contributed by atoms with Crippen molar-refractivity contribution >= 4 is 11.8 Å². The normalized spacial score (nSPS) is 21.4. The van der Waals surface area contributed by atoms with Gasteiger partial charge in [0.2, 0.25) is 11.8 Å². The minimum atomic E-state index is -0.371. The second-order valence-corrected chi connectivity index (χ2v) is 7.80. The molecule has 6 heteroatoms. The Labute approximate surface area is 171 Å². The van der Waals surface area contributed by atoms with Crippen LogP contribution in [0.3, 0.4) is 0 Å². The van der Waals surface area contributed by atoms with Gasteiger partial charge < -0.3 is 14.5 Å². The van der Waals surface area contributed by atoms with Gasteiger partial charge in [0.05, 0.1) is 18.6 Å². The second kappa shape index (κ2) is 8.74. The van der Waals surface area contributed by atoms with Crippen LogP contribution < -0.4 is 0 Å². The summed E-state index contributed by atoms with van der Waals surface area (Å²) in [6, 6.07) is 13.8. The highest BCUT2D eigenvalue weighted by Crippen LogP contribution is 2.41. The zero-order valence-electron chi connectivity index (χ0n) is 16.7. The van der Waals surface area contributed by atoms with Crippen LogP contribution in [0.5, 0.6) is 0 Å². The number of nitrogens with zero attached hydrogens (tertiary/aromatic N) is 3. The summed E-state index contributed by atoms with van der Waals surface area (Å²) in [5, 5.41) is 0. The van der Waals surface area contributed by atoms with Crippen LogP contribution in [0.15, 0.2) is 54.9 Å². The van der Waals surface area contributed by atoms with Gasteiger partial charge in [0.1, 0.15) is 0 Å². The third kappa shape index (κ3) is 4.32. The zero-order chi connectivity index (χ0) is 20.2. The molecule has 2 atom stereocenters. The Morgan fingerprint density at radius 1 is 1.17 bits per heavy atom. The molecule has 1 aliphatic carbocycles. The van der Waals surface area contributed by atoms with Gasteiger partial charge in [-0.1, -0.05) is 30.3 Å². The van der Waals surface area contributed by atoms with Gasteiger partial charge >= 0.3 is 0 Å². The number of carbonyl (C=O) groups is 2. The largest absolute Gasteiger partial charge is 0.383 e. The summed E-state index contributed by atoms with van der Waals surface area (Å²) in [6.45, 7) is 1.52. The molecular formula is C23H27N3O3. The number of rotatable bonds is 8. The number of pyridine rings is 1. The van der Waals surface area contributed by atoms with E-state index in [1.54, 1.807) is 19.5 Å². The van der Waals surface area contributed by atoms with E-state index in [0.29, 0.717) is 19.7 Å². The average Bonchev–Trinajstić information content (AvgIpc) is 3.54. The third-order valence-electron chi connectivity index (χ3n) is 5.80. The average molecular weight is 393 g/mol. The molecule has 1 aliphatic heterocycles. The molecule has 1 aromatic heterocycles. The summed E-state index contributed by atoms with van der Waals surface area (Å²) >= 11 is 0. The van der Waals surface area contributed by atoms with Crippen molar-refractivity contribution < 1.29 is 14.3 Å². The quantitative estimate of drug-likeness (QED) is 0.692. The van der Waals surface area contributed by atoms with E-state index in [-0.39, 0.29) is 36.2 Å². The SMILES string of the molecule is COCCN1C(=O)C[C@@H](C(=O)N(Cc2ccncc2)C2CC2)[C@@H]1c1ccccc1. The number of likely N-dealkylation sites (tertiary alicyclic amines) is 1. The smallest absolute Gasteiger partial charge is 0.229 e. The summed E-state index contributed by atoms with van der Waals surface area (Å²) in [6.07, 6.45) is 5.82. The zero-order valence-corrected chi connectivity index (χ0v) is 16.7. The number of amides is 2. The van der Waals surface area contributed by atoms with Gasteiger partial charge in [-0.05, 0) is 36.1 Å².